The second-order valence-corrected chi connectivity index (χ2v) is 7.47. The van der Waals surface area contributed by atoms with Gasteiger partial charge in [0, 0.05) is 43.6 Å². The molecular formula is C17H30N4O2. The lowest BCUT2D eigenvalue weighted by atomic mass is 9.57. The van der Waals surface area contributed by atoms with E-state index < -0.39 is 0 Å². The summed E-state index contributed by atoms with van der Waals surface area (Å²) in [6.45, 7) is 10.2. The Bertz CT molecular complexity index is 471. The van der Waals surface area contributed by atoms with Crippen molar-refractivity contribution in [3.8, 4) is 0 Å². The van der Waals surface area contributed by atoms with E-state index in [1.807, 2.05) is 11.8 Å². The molecule has 2 N–H and O–H groups in total. The minimum absolute atomic E-state index is 0.107. The molecule has 2 aliphatic heterocycles. The lowest BCUT2D eigenvalue weighted by Crippen LogP contribution is -2.68. The Morgan fingerprint density at radius 3 is 2.78 bits per heavy atom. The van der Waals surface area contributed by atoms with Crippen LogP contribution in [0.3, 0.4) is 0 Å². The predicted molar refractivity (Wildman–Crippen MR) is 90.3 cm³/mol. The second-order valence-electron chi connectivity index (χ2n) is 7.47. The number of aliphatic imine (C=N–C) groups is 1. The summed E-state index contributed by atoms with van der Waals surface area (Å²) >= 11 is 0. The van der Waals surface area contributed by atoms with Crippen molar-refractivity contribution >= 4 is 11.9 Å². The molecule has 130 valence electrons. The molecule has 3 atom stereocenters. The molecular weight excluding hydrogens is 292 g/mol. The minimum atomic E-state index is 0.107. The van der Waals surface area contributed by atoms with Crippen molar-refractivity contribution in [2.75, 3.05) is 32.8 Å². The van der Waals surface area contributed by atoms with E-state index in [0.717, 1.165) is 51.5 Å². The van der Waals surface area contributed by atoms with Crippen molar-refractivity contribution < 1.29 is 9.53 Å². The highest BCUT2D eigenvalue weighted by atomic mass is 16.5. The molecule has 1 amide bonds. The molecule has 0 aromatic rings. The monoisotopic (exact) mass is 322 g/mol. The van der Waals surface area contributed by atoms with Crippen LogP contribution in [0.25, 0.3) is 0 Å². The Kier molecular flexibility index (Phi) is 4.80. The molecule has 3 fully saturated rings. The van der Waals surface area contributed by atoms with Crippen molar-refractivity contribution in [3.05, 3.63) is 0 Å². The van der Waals surface area contributed by atoms with Crippen LogP contribution in [0, 0.1) is 11.3 Å². The number of hydrogen-bond acceptors (Lipinski definition) is 3. The first-order chi connectivity index (χ1) is 11.0. The number of ether oxygens (including phenoxy) is 1. The van der Waals surface area contributed by atoms with Crippen molar-refractivity contribution in [1.29, 1.82) is 0 Å². The lowest BCUT2D eigenvalue weighted by Gasteiger charge is -2.54. The van der Waals surface area contributed by atoms with E-state index in [-0.39, 0.29) is 17.9 Å². The average Bonchev–Trinajstić information content (AvgIpc) is 3.19. The van der Waals surface area contributed by atoms with Crippen LogP contribution in [0.15, 0.2) is 4.99 Å². The van der Waals surface area contributed by atoms with Crippen LogP contribution in [0.1, 0.15) is 40.0 Å². The van der Waals surface area contributed by atoms with Crippen LogP contribution >= 0.6 is 0 Å². The topological polar surface area (TPSA) is 66.0 Å². The molecule has 0 bridgehead atoms. The number of nitrogens with zero attached hydrogens (tertiary/aromatic N) is 2. The van der Waals surface area contributed by atoms with Gasteiger partial charge in [-0.2, -0.15) is 0 Å². The summed E-state index contributed by atoms with van der Waals surface area (Å²) in [5.41, 5.74) is 0.107. The molecule has 6 heteroatoms. The van der Waals surface area contributed by atoms with E-state index in [1.54, 1.807) is 0 Å². The first kappa shape index (κ1) is 16.6. The molecule has 2 heterocycles. The van der Waals surface area contributed by atoms with Crippen LogP contribution < -0.4 is 10.6 Å². The fraction of sp³-hybridized carbons (Fsp3) is 0.882. The van der Waals surface area contributed by atoms with E-state index in [2.05, 4.69) is 29.5 Å². The average molecular weight is 322 g/mol. The first-order valence-corrected chi connectivity index (χ1v) is 8.98. The van der Waals surface area contributed by atoms with Gasteiger partial charge in [-0.1, -0.05) is 13.8 Å². The lowest BCUT2D eigenvalue weighted by molar-refractivity contribution is -0.128. The van der Waals surface area contributed by atoms with E-state index in [0.29, 0.717) is 18.1 Å². The highest BCUT2D eigenvalue weighted by molar-refractivity contribution is 5.85. The van der Waals surface area contributed by atoms with Crippen LogP contribution in [0.5, 0.6) is 0 Å². The summed E-state index contributed by atoms with van der Waals surface area (Å²) in [4.78, 5) is 18.6. The molecule has 0 radical (unpaired) electrons. The molecule has 3 unspecified atom stereocenters. The zero-order chi connectivity index (χ0) is 16.4. The van der Waals surface area contributed by atoms with Gasteiger partial charge in [0.15, 0.2) is 5.96 Å². The molecule has 3 rings (SSSR count). The van der Waals surface area contributed by atoms with E-state index >= 15 is 0 Å². The third-order valence-electron chi connectivity index (χ3n) is 5.57. The highest BCUT2D eigenvalue weighted by Crippen LogP contribution is 2.52. The molecule has 0 aromatic carbocycles. The summed E-state index contributed by atoms with van der Waals surface area (Å²) in [6.07, 6.45) is 3.70. The number of likely N-dealkylation sites (tertiary alicyclic amines) is 1. The first-order valence-electron chi connectivity index (χ1n) is 8.98. The van der Waals surface area contributed by atoms with Crippen molar-refractivity contribution in [2.24, 2.45) is 16.3 Å². The standard InChI is InChI=1S/C17H30N4O2/c1-4-18-16(19-11-13(22)21-8-5-6-9-21)20-14-12-7-10-23-15(12)17(14,2)3/h12,14-15H,4-11H2,1-3H3,(H2,18,19,20). The van der Waals surface area contributed by atoms with Gasteiger partial charge in [0.05, 0.1) is 6.10 Å². The van der Waals surface area contributed by atoms with Gasteiger partial charge in [0.2, 0.25) is 5.91 Å². The maximum Gasteiger partial charge on any atom is 0.244 e. The normalized spacial score (nSPS) is 32.4. The summed E-state index contributed by atoms with van der Waals surface area (Å²) in [5, 5.41) is 6.82. The molecule has 2 saturated heterocycles. The Labute approximate surface area is 139 Å². The van der Waals surface area contributed by atoms with Gasteiger partial charge in [-0.05, 0) is 26.2 Å². The Morgan fingerprint density at radius 1 is 1.35 bits per heavy atom. The summed E-state index contributed by atoms with van der Waals surface area (Å²) in [6, 6.07) is 0.356. The Balaban J connectivity index is 1.60. The zero-order valence-electron chi connectivity index (χ0n) is 14.6. The largest absolute Gasteiger partial charge is 0.377 e. The van der Waals surface area contributed by atoms with Gasteiger partial charge in [-0.25, -0.2) is 4.99 Å². The number of amides is 1. The number of guanidine groups is 1. The number of nitrogens with one attached hydrogen (secondary N) is 2. The fourth-order valence-corrected chi connectivity index (χ4v) is 4.30. The van der Waals surface area contributed by atoms with Crippen molar-refractivity contribution in [2.45, 2.75) is 52.2 Å². The molecule has 1 saturated carbocycles. The van der Waals surface area contributed by atoms with Gasteiger partial charge < -0.3 is 20.3 Å². The minimum Gasteiger partial charge on any atom is -0.377 e. The van der Waals surface area contributed by atoms with Crippen LogP contribution in [-0.4, -0.2) is 61.7 Å². The number of carbonyl (C=O) groups is 1. The molecule has 23 heavy (non-hydrogen) atoms. The van der Waals surface area contributed by atoms with Crippen LogP contribution in [0.2, 0.25) is 0 Å². The van der Waals surface area contributed by atoms with Gasteiger partial charge in [0.25, 0.3) is 0 Å². The third kappa shape index (κ3) is 3.18. The number of carbonyl (C=O) groups excluding carboxylic acids is 1. The number of fused-ring (bicyclic) bond motifs is 1. The van der Waals surface area contributed by atoms with Gasteiger partial charge in [-0.15, -0.1) is 0 Å². The van der Waals surface area contributed by atoms with E-state index in [9.17, 15) is 4.79 Å². The van der Waals surface area contributed by atoms with Crippen LogP contribution in [0.4, 0.5) is 0 Å². The van der Waals surface area contributed by atoms with E-state index in [4.69, 9.17) is 4.74 Å². The zero-order valence-corrected chi connectivity index (χ0v) is 14.6. The summed E-state index contributed by atoms with van der Waals surface area (Å²) in [5.74, 6) is 1.45. The van der Waals surface area contributed by atoms with Crippen molar-refractivity contribution in [1.82, 2.24) is 15.5 Å². The van der Waals surface area contributed by atoms with Crippen LogP contribution in [-0.2, 0) is 9.53 Å². The van der Waals surface area contributed by atoms with Gasteiger partial charge in [-0.3, -0.25) is 4.79 Å². The van der Waals surface area contributed by atoms with E-state index in [1.165, 1.54) is 0 Å². The molecule has 6 nitrogen and oxygen atoms in total. The second kappa shape index (κ2) is 6.67. The Hall–Kier alpha value is -1.30. The number of rotatable bonds is 4. The Morgan fingerprint density at radius 2 is 2.09 bits per heavy atom. The molecule has 1 aliphatic carbocycles. The van der Waals surface area contributed by atoms with Gasteiger partial charge >= 0.3 is 0 Å². The predicted octanol–water partition coefficient (Wildman–Crippen LogP) is 0.977. The molecule has 3 aliphatic rings. The number of hydrogen-bond donors (Lipinski definition) is 2. The maximum atomic E-state index is 12.2. The van der Waals surface area contributed by atoms with Crippen molar-refractivity contribution in [3.63, 3.8) is 0 Å². The third-order valence-corrected chi connectivity index (χ3v) is 5.57. The molecule has 0 spiro atoms. The van der Waals surface area contributed by atoms with Gasteiger partial charge in [0.1, 0.15) is 6.54 Å². The fourth-order valence-electron chi connectivity index (χ4n) is 4.30. The highest BCUT2D eigenvalue weighted by Gasteiger charge is 2.59. The molecule has 0 aromatic heterocycles. The SMILES string of the molecule is CCNC(=NCC(=O)N1CCCC1)NC1C2CCOC2C1(C)C. The summed E-state index contributed by atoms with van der Waals surface area (Å²) in [7, 11) is 0. The maximum absolute atomic E-state index is 12.2. The quantitative estimate of drug-likeness (QED) is 0.598. The smallest absolute Gasteiger partial charge is 0.244 e. The summed E-state index contributed by atoms with van der Waals surface area (Å²) < 4.78 is 5.84.